The number of rotatable bonds is 8. The molecule has 1 atom stereocenters. The number of anilines is 2. The van der Waals surface area contributed by atoms with Gasteiger partial charge in [-0.15, -0.1) is 0 Å². The van der Waals surface area contributed by atoms with Crippen molar-refractivity contribution in [2.24, 2.45) is 0 Å². The Balaban J connectivity index is 1.57. The van der Waals surface area contributed by atoms with Gasteiger partial charge in [-0.2, -0.15) is 0 Å². The first-order valence-corrected chi connectivity index (χ1v) is 12.8. The molecule has 36 heavy (non-hydrogen) atoms. The van der Waals surface area contributed by atoms with Crippen LogP contribution >= 0.6 is 11.8 Å². The smallest absolute Gasteiger partial charge is 0.406 e. The van der Waals surface area contributed by atoms with Gasteiger partial charge in [-0.05, 0) is 24.0 Å². The molecule has 1 unspecified atom stereocenters. The minimum atomic E-state index is -0.484. The maximum Gasteiger partial charge on any atom is 0.406 e. The highest BCUT2D eigenvalue weighted by Crippen LogP contribution is 2.31. The zero-order valence-electron chi connectivity index (χ0n) is 20.5. The summed E-state index contributed by atoms with van der Waals surface area (Å²) in [6.07, 6.45) is 3.27. The van der Waals surface area contributed by atoms with Gasteiger partial charge in [0.2, 0.25) is 0 Å². The topological polar surface area (TPSA) is 96.9 Å². The number of aromatic nitrogens is 2. The maximum atomic E-state index is 13.5. The lowest BCUT2D eigenvalue weighted by molar-refractivity contribution is 0.0989. The van der Waals surface area contributed by atoms with E-state index in [9.17, 15) is 9.59 Å². The van der Waals surface area contributed by atoms with E-state index in [1.165, 1.54) is 18.9 Å². The quantitative estimate of drug-likeness (QED) is 0.359. The monoisotopic (exact) mass is 507 g/mol. The number of carbonyl (C=O) groups is 2. The second kappa shape index (κ2) is 11.8. The number of methoxy groups -OCH3 is 1. The minimum absolute atomic E-state index is 0.152. The van der Waals surface area contributed by atoms with Gasteiger partial charge in [-0.3, -0.25) is 4.79 Å². The van der Waals surface area contributed by atoms with E-state index < -0.39 is 6.09 Å². The van der Waals surface area contributed by atoms with Gasteiger partial charge in [0, 0.05) is 51.1 Å². The lowest BCUT2D eigenvalue weighted by atomic mass is 10.1. The van der Waals surface area contributed by atoms with E-state index >= 15 is 0 Å². The third-order valence-electron chi connectivity index (χ3n) is 5.87. The van der Waals surface area contributed by atoms with Crippen molar-refractivity contribution in [3.63, 3.8) is 0 Å². The van der Waals surface area contributed by atoms with Crippen LogP contribution in [-0.2, 0) is 4.74 Å². The first kappa shape index (κ1) is 25.3. The standard InChI is InChI=1S/C26H29N5O4S/c1-30-14-15-31(24(32)21-17-28-25(36-3)29-23(21)30)19-10-7-11-20(16-19)35-22(12-13-27-26(33)34-2)18-8-5-4-6-9-18/h4-11,16-17,22H,12-15H2,1-3H3,(H,27,33). The molecule has 3 aromatic rings. The molecule has 0 spiro atoms. The molecule has 1 aliphatic rings. The minimum Gasteiger partial charge on any atom is -0.486 e. The number of amides is 2. The number of hydrogen-bond acceptors (Lipinski definition) is 8. The zero-order valence-corrected chi connectivity index (χ0v) is 21.3. The number of nitrogens with zero attached hydrogens (tertiary/aromatic N) is 4. The summed E-state index contributed by atoms with van der Waals surface area (Å²) in [4.78, 5) is 37.6. The van der Waals surface area contributed by atoms with Crippen molar-refractivity contribution >= 4 is 35.3 Å². The van der Waals surface area contributed by atoms with Crippen molar-refractivity contribution in [2.45, 2.75) is 17.7 Å². The molecule has 10 heteroatoms. The number of thioether (sulfide) groups is 1. The number of hydrogen-bond donors (Lipinski definition) is 1. The molecule has 2 amide bonds. The molecule has 0 aliphatic carbocycles. The van der Waals surface area contributed by atoms with Crippen LogP contribution in [0.3, 0.4) is 0 Å². The van der Waals surface area contributed by atoms with Crippen molar-refractivity contribution in [2.75, 3.05) is 49.8 Å². The molecule has 2 heterocycles. The van der Waals surface area contributed by atoms with E-state index in [1.54, 1.807) is 11.1 Å². The summed E-state index contributed by atoms with van der Waals surface area (Å²) in [5.74, 6) is 1.11. The number of alkyl carbamates (subject to hydrolysis) is 1. The highest BCUT2D eigenvalue weighted by Gasteiger charge is 2.28. The van der Waals surface area contributed by atoms with Gasteiger partial charge < -0.3 is 24.6 Å². The van der Waals surface area contributed by atoms with Crippen LogP contribution < -0.4 is 19.9 Å². The predicted molar refractivity (Wildman–Crippen MR) is 140 cm³/mol. The Morgan fingerprint density at radius 1 is 1.17 bits per heavy atom. The Labute approximate surface area is 214 Å². The Kier molecular flexibility index (Phi) is 8.27. The Hall–Kier alpha value is -3.79. The molecule has 188 valence electrons. The van der Waals surface area contributed by atoms with Gasteiger partial charge in [0.15, 0.2) is 5.16 Å². The van der Waals surface area contributed by atoms with Crippen molar-refractivity contribution in [3.8, 4) is 5.75 Å². The second-order valence-electron chi connectivity index (χ2n) is 8.19. The van der Waals surface area contributed by atoms with Crippen LogP contribution in [0, 0.1) is 0 Å². The van der Waals surface area contributed by atoms with Gasteiger partial charge in [-0.25, -0.2) is 14.8 Å². The summed E-state index contributed by atoms with van der Waals surface area (Å²) in [5, 5.41) is 3.33. The van der Waals surface area contributed by atoms with Crippen LogP contribution in [0.15, 0.2) is 66.0 Å². The third-order valence-corrected chi connectivity index (χ3v) is 6.43. The summed E-state index contributed by atoms with van der Waals surface area (Å²) in [7, 11) is 3.26. The van der Waals surface area contributed by atoms with E-state index in [1.807, 2.05) is 72.8 Å². The SMILES string of the molecule is COC(=O)NCCC(Oc1cccc(N2CCN(C)c3nc(SC)ncc3C2=O)c1)c1ccccc1. The molecule has 0 radical (unpaired) electrons. The first-order valence-electron chi connectivity index (χ1n) is 11.6. The third kappa shape index (κ3) is 5.88. The van der Waals surface area contributed by atoms with Gasteiger partial charge in [0.25, 0.3) is 5.91 Å². The summed E-state index contributed by atoms with van der Waals surface area (Å²) >= 11 is 1.44. The number of nitrogens with one attached hydrogen (secondary N) is 1. The van der Waals surface area contributed by atoms with Crippen molar-refractivity contribution < 1.29 is 19.1 Å². The largest absolute Gasteiger partial charge is 0.486 e. The Bertz CT molecular complexity index is 1210. The molecule has 0 bridgehead atoms. The summed E-state index contributed by atoms with van der Waals surface area (Å²) in [6, 6.07) is 17.3. The number of carbonyl (C=O) groups excluding carboxylic acids is 2. The van der Waals surface area contributed by atoms with E-state index in [-0.39, 0.29) is 12.0 Å². The summed E-state index contributed by atoms with van der Waals surface area (Å²) in [5.41, 5.74) is 2.18. The van der Waals surface area contributed by atoms with Crippen LogP contribution in [-0.4, -0.2) is 62.0 Å². The summed E-state index contributed by atoms with van der Waals surface area (Å²) in [6.45, 7) is 1.51. The zero-order chi connectivity index (χ0) is 25.5. The van der Waals surface area contributed by atoms with Crippen molar-refractivity contribution in [1.82, 2.24) is 15.3 Å². The van der Waals surface area contributed by atoms with E-state index in [2.05, 4.69) is 20.0 Å². The van der Waals surface area contributed by atoms with Crippen LogP contribution in [0.4, 0.5) is 16.3 Å². The lowest BCUT2D eigenvalue weighted by Crippen LogP contribution is -2.33. The second-order valence-corrected chi connectivity index (χ2v) is 8.97. The average molecular weight is 508 g/mol. The number of ether oxygens (including phenoxy) is 2. The van der Waals surface area contributed by atoms with Gasteiger partial charge >= 0.3 is 6.09 Å². The van der Waals surface area contributed by atoms with Crippen LogP contribution in [0.25, 0.3) is 0 Å². The van der Waals surface area contributed by atoms with Crippen LogP contribution in [0.2, 0.25) is 0 Å². The lowest BCUT2D eigenvalue weighted by Gasteiger charge is -2.23. The molecule has 1 aliphatic heterocycles. The fraction of sp³-hybridized carbons (Fsp3) is 0.308. The maximum absolute atomic E-state index is 13.5. The normalized spacial score (nSPS) is 14.0. The van der Waals surface area contributed by atoms with Gasteiger partial charge in [-0.1, -0.05) is 48.2 Å². The van der Waals surface area contributed by atoms with Crippen molar-refractivity contribution in [1.29, 1.82) is 0 Å². The molecular weight excluding hydrogens is 478 g/mol. The first-order chi connectivity index (χ1) is 17.5. The molecule has 2 aromatic carbocycles. The highest BCUT2D eigenvalue weighted by molar-refractivity contribution is 7.98. The van der Waals surface area contributed by atoms with E-state index in [4.69, 9.17) is 4.74 Å². The van der Waals surface area contributed by atoms with E-state index in [0.29, 0.717) is 48.3 Å². The predicted octanol–water partition coefficient (Wildman–Crippen LogP) is 4.16. The molecule has 1 N–H and O–H groups in total. The highest BCUT2D eigenvalue weighted by atomic mass is 32.2. The summed E-state index contributed by atoms with van der Waals surface area (Å²) < 4.78 is 11.0. The molecule has 9 nitrogen and oxygen atoms in total. The molecule has 1 aromatic heterocycles. The Morgan fingerprint density at radius 2 is 1.97 bits per heavy atom. The number of likely N-dealkylation sites (N-methyl/N-ethyl adjacent to an activating group) is 1. The molecule has 0 saturated carbocycles. The molecule has 0 saturated heterocycles. The molecular formula is C26H29N5O4S. The van der Waals surface area contributed by atoms with Crippen LogP contribution in [0.1, 0.15) is 28.4 Å². The van der Waals surface area contributed by atoms with Gasteiger partial charge in [0.1, 0.15) is 23.2 Å². The van der Waals surface area contributed by atoms with E-state index in [0.717, 1.165) is 11.3 Å². The average Bonchev–Trinajstić information content (AvgIpc) is 3.04. The fourth-order valence-corrected chi connectivity index (χ4v) is 4.31. The van der Waals surface area contributed by atoms with Crippen LogP contribution in [0.5, 0.6) is 5.75 Å². The number of benzene rings is 2. The van der Waals surface area contributed by atoms with Gasteiger partial charge in [0.05, 0.1) is 7.11 Å². The van der Waals surface area contributed by atoms with Crippen molar-refractivity contribution in [3.05, 3.63) is 71.9 Å². The molecule has 4 rings (SSSR count). The molecule has 0 fully saturated rings. The fourth-order valence-electron chi connectivity index (χ4n) is 3.97. The number of fused-ring (bicyclic) bond motifs is 1. The Morgan fingerprint density at radius 3 is 2.72 bits per heavy atom.